The van der Waals surface area contributed by atoms with Crippen molar-refractivity contribution in [1.82, 2.24) is 0 Å². The van der Waals surface area contributed by atoms with Crippen molar-refractivity contribution in [3.8, 4) is 17.2 Å². The van der Waals surface area contributed by atoms with Gasteiger partial charge in [-0.1, -0.05) is 6.42 Å². The molecule has 0 aromatic heterocycles. The number of carbonyl (C=O) groups excluding carboxylic acids is 1. The summed E-state index contributed by atoms with van der Waals surface area (Å²) >= 11 is 0. The standard InChI is InChI=1S/C28H35NO6/c1-31-21-10-8-20(9-11-21)29-26(25-19-34-28(35-25)16-4-3-5-17-28)24(27(29)30)7-6-18-33-23-14-12-22(32-2)13-15-23/h8-15,24-26H,3-7,16-19H2,1-2H3/t24-,25-,26-/m1/s1. The van der Waals surface area contributed by atoms with Crippen LogP contribution in [-0.4, -0.2) is 51.3 Å². The molecule has 2 aromatic carbocycles. The first kappa shape index (κ1) is 23.9. The average Bonchev–Trinajstić information content (AvgIpc) is 3.29. The van der Waals surface area contributed by atoms with Gasteiger partial charge >= 0.3 is 0 Å². The molecule has 1 saturated carbocycles. The van der Waals surface area contributed by atoms with Gasteiger partial charge in [-0.2, -0.15) is 0 Å². The number of ether oxygens (including phenoxy) is 5. The van der Waals surface area contributed by atoms with E-state index in [2.05, 4.69) is 0 Å². The molecule has 0 N–H and O–H groups in total. The molecule has 2 aliphatic heterocycles. The molecule has 7 heteroatoms. The highest BCUT2D eigenvalue weighted by Crippen LogP contribution is 2.45. The second-order valence-electron chi connectivity index (χ2n) is 9.61. The summed E-state index contributed by atoms with van der Waals surface area (Å²) in [5.41, 5.74) is 0.875. The van der Waals surface area contributed by atoms with Gasteiger partial charge in [0.05, 0.1) is 39.4 Å². The Labute approximate surface area is 207 Å². The van der Waals surface area contributed by atoms with Crippen molar-refractivity contribution in [2.75, 3.05) is 32.3 Å². The molecule has 188 valence electrons. The Balaban J connectivity index is 1.25. The third kappa shape index (κ3) is 4.98. The second-order valence-corrected chi connectivity index (χ2v) is 9.61. The minimum atomic E-state index is -0.463. The van der Waals surface area contributed by atoms with E-state index in [1.165, 1.54) is 6.42 Å². The summed E-state index contributed by atoms with van der Waals surface area (Å²) in [5.74, 6) is 1.94. The number of nitrogens with zero attached hydrogens (tertiary/aromatic N) is 1. The molecule has 2 heterocycles. The van der Waals surface area contributed by atoms with E-state index in [0.717, 1.165) is 61.5 Å². The third-order valence-electron chi connectivity index (χ3n) is 7.48. The lowest BCUT2D eigenvalue weighted by Crippen LogP contribution is -2.66. The summed E-state index contributed by atoms with van der Waals surface area (Å²) < 4.78 is 29.2. The number of hydrogen-bond acceptors (Lipinski definition) is 6. The first-order valence-corrected chi connectivity index (χ1v) is 12.7. The minimum Gasteiger partial charge on any atom is -0.497 e. The van der Waals surface area contributed by atoms with Gasteiger partial charge in [0.1, 0.15) is 23.4 Å². The zero-order valence-electron chi connectivity index (χ0n) is 20.6. The first-order chi connectivity index (χ1) is 17.1. The second kappa shape index (κ2) is 10.5. The van der Waals surface area contributed by atoms with Gasteiger partial charge in [0.15, 0.2) is 5.79 Å². The molecular formula is C28H35NO6. The third-order valence-corrected chi connectivity index (χ3v) is 7.48. The van der Waals surface area contributed by atoms with Gasteiger partial charge in [-0.25, -0.2) is 0 Å². The summed E-state index contributed by atoms with van der Waals surface area (Å²) in [4.78, 5) is 15.2. The SMILES string of the molecule is COc1ccc(OCCC[C@H]2C(=O)N(c3ccc(OC)cc3)[C@H]2[C@H]2COC3(CCCCC3)O2)cc1. The predicted octanol–water partition coefficient (Wildman–Crippen LogP) is 4.97. The highest BCUT2D eigenvalue weighted by Gasteiger charge is 2.56. The molecule has 3 aliphatic rings. The molecule has 1 aliphatic carbocycles. The number of rotatable bonds is 9. The fraction of sp³-hybridized carbons (Fsp3) is 0.536. The van der Waals surface area contributed by atoms with Crippen LogP contribution in [0.1, 0.15) is 44.9 Å². The molecule has 2 saturated heterocycles. The number of anilines is 1. The highest BCUT2D eigenvalue weighted by atomic mass is 16.7. The molecule has 2 aromatic rings. The molecular weight excluding hydrogens is 446 g/mol. The fourth-order valence-electron chi connectivity index (χ4n) is 5.60. The molecule has 0 bridgehead atoms. The lowest BCUT2D eigenvalue weighted by Gasteiger charge is -2.49. The van der Waals surface area contributed by atoms with Crippen molar-refractivity contribution >= 4 is 11.6 Å². The van der Waals surface area contributed by atoms with Crippen LogP contribution in [0.4, 0.5) is 5.69 Å². The first-order valence-electron chi connectivity index (χ1n) is 12.7. The van der Waals surface area contributed by atoms with E-state index in [-0.39, 0.29) is 24.0 Å². The largest absolute Gasteiger partial charge is 0.497 e. The maximum absolute atomic E-state index is 13.3. The zero-order chi connectivity index (χ0) is 24.3. The highest BCUT2D eigenvalue weighted by molar-refractivity contribution is 6.03. The maximum Gasteiger partial charge on any atom is 0.232 e. The van der Waals surface area contributed by atoms with Crippen LogP contribution in [0.3, 0.4) is 0 Å². The van der Waals surface area contributed by atoms with Crippen LogP contribution >= 0.6 is 0 Å². The Kier molecular flexibility index (Phi) is 7.16. The van der Waals surface area contributed by atoms with Gasteiger partial charge in [-0.15, -0.1) is 0 Å². The number of methoxy groups -OCH3 is 2. The van der Waals surface area contributed by atoms with Crippen molar-refractivity contribution in [2.45, 2.75) is 62.9 Å². The lowest BCUT2D eigenvalue weighted by atomic mass is 9.80. The van der Waals surface area contributed by atoms with Gasteiger partial charge in [0.2, 0.25) is 5.91 Å². The number of hydrogen-bond donors (Lipinski definition) is 0. The van der Waals surface area contributed by atoms with Crippen LogP contribution < -0.4 is 19.1 Å². The Morgan fingerprint density at radius 2 is 1.54 bits per heavy atom. The number of amides is 1. The number of carbonyl (C=O) groups is 1. The Hall–Kier alpha value is -2.77. The zero-order valence-corrected chi connectivity index (χ0v) is 20.6. The Morgan fingerprint density at radius 1 is 0.914 bits per heavy atom. The maximum atomic E-state index is 13.3. The molecule has 1 spiro atoms. The van der Waals surface area contributed by atoms with E-state index < -0.39 is 5.79 Å². The van der Waals surface area contributed by atoms with E-state index in [0.29, 0.717) is 13.2 Å². The number of β-lactam (4-membered cyclic amide) rings is 1. The summed E-state index contributed by atoms with van der Waals surface area (Å²) in [5, 5.41) is 0. The summed E-state index contributed by atoms with van der Waals surface area (Å²) in [7, 11) is 3.29. The summed E-state index contributed by atoms with van der Waals surface area (Å²) in [6.45, 7) is 1.08. The van der Waals surface area contributed by atoms with Crippen molar-refractivity contribution in [3.05, 3.63) is 48.5 Å². The van der Waals surface area contributed by atoms with Gasteiger partial charge in [-0.05, 0) is 74.2 Å². The topological polar surface area (TPSA) is 66.5 Å². The molecule has 1 amide bonds. The van der Waals surface area contributed by atoms with Crippen molar-refractivity contribution < 1.29 is 28.5 Å². The smallest absolute Gasteiger partial charge is 0.232 e. The molecule has 5 rings (SSSR count). The van der Waals surface area contributed by atoms with E-state index >= 15 is 0 Å². The molecule has 0 radical (unpaired) electrons. The number of benzene rings is 2. The average molecular weight is 482 g/mol. The van der Waals surface area contributed by atoms with Gasteiger partial charge in [0, 0.05) is 18.5 Å². The molecule has 3 fully saturated rings. The Morgan fingerprint density at radius 3 is 2.20 bits per heavy atom. The quantitative estimate of drug-likeness (QED) is 0.372. The van der Waals surface area contributed by atoms with Crippen LogP contribution in [0.25, 0.3) is 0 Å². The Bertz CT molecular complexity index is 986. The van der Waals surface area contributed by atoms with Crippen molar-refractivity contribution in [2.24, 2.45) is 5.92 Å². The van der Waals surface area contributed by atoms with Crippen LogP contribution in [0, 0.1) is 5.92 Å². The van der Waals surface area contributed by atoms with Crippen molar-refractivity contribution in [1.29, 1.82) is 0 Å². The summed E-state index contributed by atoms with van der Waals surface area (Å²) in [6.07, 6.45) is 6.78. The molecule has 0 unspecified atom stereocenters. The van der Waals surface area contributed by atoms with Crippen LogP contribution in [0.5, 0.6) is 17.2 Å². The van der Waals surface area contributed by atoms with E-state index in [9.17, 15) is 4.79 Å². The molecule has 3 atom stereocenters. The van der Waals surface area contributed by atoms with E-state index in [1.807, 2.05) is 53.4 Å². The predicted molar refractivity (Wildman–Crippen MR) is 132 cm³/mol. The summed E-state index contributed by atoms with van der Waals surface area (Å²) in [6, 6.07) is 15.2. The van der Waals surface area contributed by atoms with Crippen molar-refractivity contribution in [3.63, 3.8) is 0 Å². The van der Waals surface area contributed by atoms with Gasteiger partial charge < -0.3 is 28.6 Å². The van der Waals surface area contributed by atoms with Gasteiger partial charge in [0.25, 0.3) is 0 Å². The lowest BCUT2D eigenvalue weighted by molar-refractivity contribution is -0.192. The minimum absolute atomic E-state index is 0.0433. The van der Waals surface area contributed by atoms with Crippen LogP contribution in [0.2, 0.25) is 0 Å². The van der Waals surface area contributed by atoms with E-state index in [4.69, 9.17) is 23.7 Å². The normalized spacial score (nSPS) is 25.4. The molecule has 7 nitrogen and oxygen atoms in total. The van der Waals surface area contributed by atoms with Crippen LogP contribution in [0.15, 0.2) is 48.5 Å². The van der Waals surface area contributed by atoms with Gasteiger partial charge in [-0.3, -0.25) is 4.79 Å². The molecule has 35 heavy (non-hydrogen) atoms. The van der Waals surface area contributed by atoms with E-state index in [1.54, 1.807) is 14.2 Å². The fourth-order valence-corrected chi connectivity index (χ4v) is 5.60. The monoisotopic (exact) mass is 481 g/mol. The van der Waals surface area contributed by atoms with Crippen LogP contribution in [-0.2, 0) is 14.3 Å².